The molecule has 0 unspecified atom stereocenters. The molecule has 0 spiro atoms. The number of carbonyl (C=O) groups is 1. The van der Waals surface area contributed by atoms with Crippen molar-refractivity contribution < 1.29 is 9.72 Å². The Kier molecular flexibility index (Phi) is 5.56. The van der Waals surface area contributed by atoms with Gasteiger partial charge in [0.25, 0.3) is 5.69 Å². The lowest BCUT2D eigenvalue weighted by Crippen LogP contribution is -2.15. The van der Waals surface area contributed by atoms with E-state index in [4.69, 9.17) is 11.6 Å². The van der Waals surface area contributed by atoms with Crippen LogP contribution in [0.25, 0.3) is 0 Å². The highest BCUT2D eigenvalue weighted by Gasteiger charge is 2.15. The zero-order valence-corrected chi connectivity index (χ0v) is 14.0. The Morgan fingerprint density at radius 3 is 2.91 bits per heavy atom. The number of nitro groups is 1. The molecule has 10 heteroatoms. The minimum atomic E-state index is -0.599. The van der Waals surface area contributed by atoms with Gasteiger partial charge in [0.15, 0.2) is 5.16 Å². The maximum atomic E-state index is 12.0. The van der Waals surface area contributed by atoms with E-state index in [1.54, 1.807) is 6.33 Å². The maximum absolute atomic E-state index is 12.0. The van der Waals surface area contributed by atoms with Crippen LogP contribution in [0, 0.1) is 10.1 Å². The quantitative estimate of drug-likeness (QED) is 0.485. The molecule has 0 saturated heterocycles. The number of hydrogen-bond donors (Lipinski definition) is 1. The molecule has 0 aliphatic heterocycles. The van der Waals surface area contributed by atoms with Gasteiger partial charge in [0.1, 0.15) is 11.3 Å². The summed E-state index contributed by atoms with van der Waals surface area (Å²) in [6.45, 7) is 3.97. The second-order valence-electron chi connectivity index (χ2n) is 4.87. The normalized spacial score (nSPS) is 10.8. The van der Waals surface area contributed by atoms with E-state index in [1.165, 1.54) is 30.0 Å². The number of thioether (sulfide) groups is 1. The van der Waals surface area contributed by atoms with E-state index >= 15 is 0 Å². The molecule has 0 fully saturated rings. The Hall–Kier alpha value is -2.13. The molecule has 2 rings (SSSR count). The molecule has 1 N–H and O–H groups in total. The van der Waals surface area contributed by atoms with E-state index in [9.17, 15) is 14.9 Å². The number of halogens is 1. The molecule has 122 valence electrons. The van der Waals surface area contributed by atoms with Crippen LogP contribution >= 0.6 is 23.4 Å². The number of rotatable bonds is 6. The fourth-order valence-electron chi connectivity index (χ4n) is 1.75. The molecular weight excluding hydrogens is 342 g/mol. The predicted molar refractivity (Wildman–Crippen MR) is 87.9 cm³/mol. The second kappa shape index (κ2) is 7.42. The van der Waals surface area contributed by atoms with Crippen molar-refractivity contribution in [1.29, 1.82) is 0 Å². The number of aromatic nitrogens is 3. The minimum absolute atomic E-state index is 0.0207. The smallest absolute Gasteiger partial charge is 0.289 e. The highest BCUT2D eigenvalue weighted by atomic mass is 35.5. The number of nitro benzene ring substituents is 1. The van der Waals surface area contributed by atoms with E-state index < -0.39 is 4.92 Å². The largest absolute Gasteiger partial charge is 0.325 e. The topological polar surface area (TPSA) is 103 Å². The molecule has 1 amide bonds. The standard InChI is InChI=1S/C13H14ClN5O3S/c1-8(2)18-7-15-17-13(18)23-6-12(20)16-9-3-4-10(14)11(5-9)19(21)22/h3-5,7-8H,6H2,1-2H3,(H,16,20). The summed E-state index contributed by atoms with van der Waals surface area (Å²) in [6, 6.07) is 4.29. The van der Waals surface area contributed by atoms with Crippen molar-refractivity contribution >= 4 is 40.6 Å². The third-order valence-electron chi connectivity index (χ3n) is 2.86. The van der Waals surface area contributed by atoms with Gasteiger partial charge in [-0.1, -0.05) is 23.4 Å². The van der Waals surface area contributed by atoms with Gasteiger partial charge in [0.2, 0.25) is 5.91 Å². The maximum Gasteiger partial charge on any atom is 0.289 e. The first-order chi connectivity index (χ1) is 10.9. The highest BCUT2D eigenvalue weighted by molar-refractivity contribution is 7.99. The van der Waals surface area contributed by atoms with Crippen LogP contribution in [0.4, 0.5) is 11.4 Å². The Morgan fingerprint density at radius 2 is 2.26 bits per heavy atom. The summed E-state index contributed by atoms with van der Waals surface area (Å²) in [4.78, 5) is 22.2. The van der Waals surface area contributed by atoms with Crippen LogP contribution in [0.2, 0.25) is 5.02 Å². The van der Waals surface area contributed by atoms with Gasteiger partial charge < -0.3 is 9.88 Å². The Labute approximate surface area is 141 Å². The molecule has 2 aromatic rings. The molecule has 8 nitrogen and oxygen atoms in total. The third-order valence-corrected chi connectivity index (χ3v) is 4.13. The van der Waals surface area contributed by atoms with Crippen LogP contribution in [0.15, 0.2) is 29.7 Å². The van der Waals surface area contributed by atoms with Gasteiger partial charge in [-0.05, 0) is 26.0 Å². The van der Waals surface area contributed by atoms with Crippen LogP contribution in [-0.4, -0.2) is 31.3 Å². The third kappa shape index (κ3) is 4.42. The minimum Gasteiger partial charge on any atom is -0.325 e. The highest BCUT2D eigenvalue weighted by Crippen LogP contribution is 2.27. The summed E-state index contributed by atoms with van der Waals surface area (Å²) in [7, 11) is 0. The molecule has 23 heavy (non-hydrogen) atoms. The van der Waals surface area contributed by atoms with Crippen molar-refractivity contribution in [1.82, 2.24) is 14.8 Å². The predicted octanol–water partition coefficient (Wildman–Crippen LogP) is 3.15. The van der Waals surface area contributed by atoms with Crippen LogP contribution in [-0.2, 0) is 4.79 Å². The van der Waals surface area contributed by atoms with Gasteiger partial charge in [-0.25, -0.2) is 0 Å². The van der Waals surface area contributed by atoms with Crippen molar-refractivity contribution in [3.05, 3.63) is 39.7 Å². The summed E-state index contributed by atoms with van der Waals surface area (Å²) in [5.41, 5.74) is 0.0636. The zero-order valence-electron chi connectivity index (χ0n) is 12.4. The van der Waals surface area contributed by atoms with Crippen molar-refractivity contribution in [3.63, 3.8) is 0 Å². The van der Waals surface area contributed by atoms with Crippen LogP contribution < -0.4 is 5.32 Å². The first-order valence-electron chi connectivity index (χ1n) is 6.64. The fraction of sp³-hybridized carbons (Fsp3) is 0.308. The lowest BCUT2D eigenvalue weighted by molar-refractivity contribution is -0.384. The van der Waals surface area contributed by atoms with Gasteiger partial charge in [-0.2, -0.15) is 0 Å². The van der Waals surface area contributed by atoms with Gasteiger partial charge in [-0.15, -0.1) is 10.2 Å². The monoisotopic (exact) mass is 355 g/mol. The lowest BCUT2D eigenvalue weighted by atomic mass is 10.3. The molecular formula is C13H14ClN5O3S. The van der Waals surface area contributed by atoms with E-state index in [0.29, 0.717) is 10.8 Å². The van der Waals surface area contributed by atoms with Crippen molar-refractivity contribution in [2.24, 2.45) is 0 Å². The average molecular weight is 356 g/mol. The van der Waals surface area contributed by atoms with Crippen LogP contribution in [0.1, 0.15) is 19.9 Å². The first-order valence-corrected chi connectivity index (χ1v) is 8.01. The molecule has 0 aliphatic rings. The number of carbonyl (C=O) groups excluding carboxylic acids is 1. The van der Waals surface area contributed by atoms with E-state index in [-0.39, 0.29) is 28.4 Å². The summed E-state index contributed by atoms with van der Waals surface area (Å²) in [5.74, 6) is -0.188. The number of nitrogens with zero attached hydrogens (tertiary/aromatic N) is 4. The van der Waals surface area contributed by atoms with Gasteiger partial charge in [-0.3, -0.25) is 14.9 Å². The molecule has 0 bridgehead atoms. The van der Waals surface area contributed by atoms with E-state index in [1.807, 2.05) is 18.4 Å². The lowest BCUT2D eigenvalue weighted by Gasteiger charge is -2.09. The number of nitrogens with one attached hydrogen (secondary N) is 1. The van der Waals surface area contributed by atoms with Crippen molar-refractivity contribution in [2.75, 3.05) is 11.1 Å². The van der Waals surface area contributed by atoms with Crippen molar-refractivity contribution in [2.45, 2.75) is 25.0 Å². The SMILES string of the molecule is CC(C)n1cnnc1SCC(=O)Nc1ccc(Cl)c([N+](=O)[O-])c1. The van der Waals surface area contributed by atoms with E-state index in [2.05, 4.69) is 15.5 Å². The Bertz CT molecular complexity index is 734. The van der Waals surface area contributed by atoms with E-state index in [0.717, 1.165) is 0 Å². The molecule has 0 atom stereocenters. The van der Waals surface area contributed by atoms with Gasteiger partial charge >= 0.3 is 0 Å². The number of anilines is 1. The molecule has 0 aliphatic carbocycles. The van der Waals surface area contributed by atoms with Crippen molar-refractivity contribution in [3.8, 4) is 0 Å². The van der Waals surface area contributed by atoms with Crippen LogP contribution in [0.5, 0.6) is 0 Å². The molecule has 1 aromatic heterocycles. The summed E-state index contributed by atoms with van der Waals surface area (Å²) in [6.07, 6.45) is 1.60. The fourth-order valence-corrected chi connectivity index (χ4v) is 2.78. The molecule has 0 radical (unpaired) electrons. The summed E-state index contributed by atoms with van der Waals surface area (Å²) >= 11 is 6.97. The Morgan fingerprint density at radius 1 is 1.52 bits per heavy atom. The molecule has 1 heterocycles. The summed E-state index contributed by atoms with van der Waals surface area (Å²) in [5, 5.41) is 21.9. The average Bonchev–Trinajstić information content (AvgIpc) is 2.95. The van der Waals surface area contributed by atoms with Crippen LogP contribution in [0.3, 0.4) is 0 Å². The number of amides is 1. The van der Waals surface area contributed by atoms with Gasteiger partial charge in [0, 0.05) is 17.8 Å². The number of benzene rings is 1. The zero-order chi connectivity index (χ0) is 17.0. The number of hydrogen-bond acceptors (Lipinski definition) is 6. The molecule has 1 aromatic carbocycles. The first kappa shape index (κ1) is 17.2. The Balaban J connectivity index is 1.99. The van der Waals surface area contributed by atoms with Gasteiger partial charge in [0.05, 0.1) is 10.7 Å². The second-order valence-corrected chi connectivity index (χ2v) is 6.22. The molecule has 0 saturated carbocycles. The summed E-state index contributed by atoms with van der Waals surface area (Å²) < 4.78 is 1.85.